The standard InChI is InChI=1S/C25H32N2O4/c1-2-3-19-14-22(29-16-24-18-31-24)8-9-25(19)27-12-10-26(11-13-27)20-4-6-21(7-5-20)28-15-23-17-30-23/h4-9,14,23-24H,2-3,10-13,15-18H2,1H3. The Labute approximate surface area is 184 Å². The first kappa shape index (κ1) is 20.5. The minimum absolute atomic E-state index is 0.287. The van der Waals surface area contributed by atoms with Crippen LogP contribution in [0.5, 0.6) is 11.5 Å². The van der Waals surface area contributed by atoms with E-state index in [1.165, 1.54) is 16.9 Å². The summed E-state index contributed by atoms with van der Waals surface area (Å²) in [7, 11) is 0. The van der Waals surface area contributed by atoms with Crippen molar-refractivity contribution in [2.75, 3.05) is 62.4 Å². The lowest BCUT2D eigenvalue weighted by atomic mass is 10.1. The Kier molecular flexibility index (Phi) is 6.18. The van der Waals surface area contributed by atoms with Gasteiger partial charge in [0.15, 0.2) is 0 Å². The zero-order valence-electron chi connectivity index (χ0n) is 18.3. The molecule has 3 heterocycles. The molecule has 31 heavy (non-hydrogen) atoms. The Morgan fingerprint density at radius 3 is 2.00 bits per heavy atom. The smallest absolute Gasteiger partial charge is 0.119 e. The Hall–Kier alpha value is -2.44. The van der Waals surface area contributed by atoms with Gasteiger partial charge in [-0.3, -0.25) is 0 Å². The molecule has 166 valence electrons. The van der Waals surface area contributed by atoms with Crippen LogP contribution in [0.4, 0.5) is 11.4 Å². The highest BCUT2D eigenvalue weighted by atomic mass is 16.6. The third-order valence-electron chi connectivity index (χ3n) is 6.07. The summed E-state index contributed by atoms with van der Waals surface area (Å²) < 4.78 is 22.1. The molecule has 0 bridgehead atoms. The van der Waals surface area contributed by atoms with Crippen LogP contribution in [-0.4, -0.2) is 64.8 Å². The second-order valence-electron chi connectivity index (χ2n) is 8.54. The van der Waals surface area contributed by atoms with Crippen LogP contribution in [0, 0.1) is 0 Å². The molecule has 3 saturated heterocycles. The van der Waals surface area contributed by atoms with E-state index in [0.717, 1.165) is 63.7 Å². The summed E-state index contributed by atoms with van der Waals surface area (Å²) in [5.41, 5.74) is 3.99. The number of anilines is 2. The van der Waals surface area contributed by atoms with Crippen LogP contribution in [0.2, 0.25) is 0 Å². The van der Waals surface area contributed by atoms with Crippen LogP contribution in [0.3, 0.4) is 0 Å². The predicted molar refractivity (Wildman–Crippen MR) is 122 cm³/mol. The molecule has 0 amide bonds. The van der Waals surface area contributed by atoms with Crippen molar-refractivity contribution in [3.63, 3.8) is 0 Å². The quantitative estimate of drug-likeness (QED) is 0.544. The number of benzene rings is 2. The number of aryl methyl sites for hydroxylation is 1. The number of nitrogens with zero attached hydrogens (tertiary/aromatic N) is 2. The minimum atomic E-state index is 0.287. The molecule has 0 spiro atoms. The van der Waals surface area contributed by atoms with Gasteiger partial charge < -0.3 is 28.7 Å². The molecule has 6 nitrogen and oxygen atoms in total. The van der Waals surface area contributed by atoms with Gasteiger partial charge in [-0.15, -0.1) is 0 Å². The van der Waals surface area contributed by atoms with E-state index in [-0.39, 0.29) is 12.2 Å². The van der Waals surface area contributed by atoms with Gasteiger partial charge in [-0.1, -0.05) is 13.3 Å². The van der Waals surface area contributed by atoms with E-state index in [1.54, 1.807) is 0 Å². The SMILES string of the molecule is CCCc1cc(OCC2CO2)ccc1N1CCN(c2ccc(OCC3CO3)cc2)CC1. The van der Waals surface area contributed by atoms with E-state index in [9.17, 15) is 0 Å². The van der Waals surface area contributed by atoms with Gasteiger partial charge in [0, 0.05) is 37.6 Å². The maximum absolute atomic E-state index is 5.91. The number of ether oxygens (including phenoxy) is 4. The van der Waals surface area contributed by atoms with Crippen LogP contribution in [0.25, 0.3) is 0 Å². The summed E-state index contributed by atoms with van der Waals surface area (Å²) in [6, 6.07) is 15.0. The molecule has 0 aliphatic carbocycles. The molecule has 0 N–H and O–H groups in total. The van der Waals surface area contributed by atoms with E-state index in [2.05, 4.69) is 59.2 Å². The van der Waals surface area contributed by atoms with Crippen LogP contribution >= 0.6 is 0 Å². The van der Waals surface area contributed by atoms with Crippen molar-refractivity contribution in [2.45, 2.75) is 32.0 Å². The number of piperazine rings is 1. The molecular formula is C25H32N2O4. The fraction of sp³-hybridized carbons (Fsp3) is 0.520. The van der Waals surface area contributed by atoms with Gasteiger partial charge in [0.05, 0.1) is 13.2 Å². The van der Waals surface area contributed by atoms with Gasteiger partial charge in [0.1, 0.15) is 36.9 Å². The molecule has 2 atom stereocenters. The van der Waals surface area contributed by atoms with E-state index in [4.69, 9.17) is 18.9 Å². The number of hydrogen-bond acceptors (Lipinski definition) is 6. The fourth-order valence-corrected chi connectivity index (χ4v) is 4.10. The Morgan fingerprint density at radius 1 is 0.806 bits per heavy atom. The third kappa shape index (κ3) is 5.43. The fourth-order valence-electron chi connectivity index (χ4n) is 4.10. The van der Waals surface area contributed by atoms with Crippen molar-refractivity contribution < 1.29 is 18.9 Å². The Bertz CT molecular complexity index is 856. The van der Waals surface area contributed by atoms with Crippen LogP contribution in [-0.2, 0) is 15.9 Å². The lowest BCUT2D eigenvalue weighted by molar-refractivity contribution is 0.263. The molecule has 3 aliphatic heterocycles. The van der Waals surface area contributed by atoms with Gasteiger partial charge >= 0.3 is 0 Å². The second kappa shape index (κ2) is 9.37. The molecule has 3 aliphatic rings. The van der Waals surface area contributed by atoms with Crippen molar-refractivity contribution in [3.05, 3.63) is 48.0 Å². The van der Waals surface area contributed by atoms with Crippen molar-refractivity contribution in [2.24, 2.45) is 0 Å². The topological polar surface area (TPSA) is 50.0 Å². The maximum Gasteiger partial charge on any atom is 0.119 e. The lowest BCUT2D eigenvalue weighted by Gasteiger charge is -2.38. The molecule has 0 aromatic heterocycles. The van der Waals surface area contributed by atoms with E-state index in [0.29, 0.717) is 13.2 Å². The molecule has 5 rings (SSSR count). The summed E-state index contributed by atoms with van der Waals surface area (Å²) in [6.07, 6.45) is 2.78. The predicted octanol–water partition coefficient (Wildman–Crippen LogP) is 3.52. The van der Waals surface area contributed by atoms with Crippen molar-refractivity contribution in [3.8, 4) is 11.5 Å². The van der Waals surface area contributed by atoms with E-state index >= 15 is 0 Å². The molecular weight excluding hydrogens is 392 g/mol. The number of epoxide rings is 2. The first-order chi connectivity index (χ1) is 15.3. The zero-order chi connectivity index (χ0) is 21.0. The van der Waals surface area contributed by atoms with Gasteiger partial charge in [-0.05, 0) is 54.4 Å². The Morgan fingerprint density at radius 2 is 1.39 bits per heavy atom. The van der Waals surface area contributed by atoms with E-state index in [1.807, 2.05) is 0 Å². The monoisotopic (exact) mass is 424 g/mol. The van der Waals surface area contributed by atoms with Gasteiger partial charge in [0.2, 0.25) is 0 Å². The maximum atomic E-state index is 5.91. The van der Waals surface area contributed by atoms with Crippen molar-refractivity contribution >= 4 is 11.4 Å². The van der Waals surface area contributed by atoms with E-state index < -0.39 is 0 Å². The summed E-state index contributed by atoms with van der Waals surface area (Å²) in [4.78, 5) is 4.97. The summed E-state index contributed by atoms with van der Waals surface area (Å²) in [5.74, 6) is 1.87. The Balaban J connectivity index is 1.18. The first-order valence-corrected chi connectivity index (χ1v) is 11.5. The van der Waals surface area contributed by atoms with Crippen molar-refractivity contribution in [1.29, 1.82) is 0 Å². The number of rotatable bonds is 10. The second-order valence-corrected chi connectivity index (χ2v) is 8.54. The third-order valence-corrected chi connectivity index (χ3v) is 6.07. The van der Waals surface area contributed by atoms with Gasteiger partial charge in [-0.25, -0.2) is 0 Å². The summed E-state index contributed by atoms with van der Waals surface area (Å²) >= 11 is 0. The largest absolute Gasteiger partial charge is 0.491 e. The van der Waals surface area contributed by atoms with Crippen LogP contribution in [0.1, 0.15) is 18.9 Å². The zero-order valence-corrected chi connectivity index (χ0v) is 18.3. The molecule has 0 saturated carbocycles. The molecule has 2 unspecified atom stereocenters. The lowest BCUT2D eigenvalue weighted by Crippen LogP contribution is -2.46. The minimum Gasteiger partial charge on any atom is -0.491 e. The molecule has 0 radical (unpaired) electrons. The average molecular weight is 425 g/mol. The summed E-state index contributed by atoms with van der Waals surface area (Å²) in [5, 5.41) is 0. The van der Waals surface area contributed by atoms with Gasteiger partial charge in [0.25, 0.3) is 0 Å². The first-order valence-electron chi connectivity index (χ1n) is 11.5. The number of hydrogen-bond donors (Lipinski definition) is 0. The highest BCUT2D eigenvalue weighted by Crippen LogP contribution is 2.29. The highest BCUT2D eigenvalue weighted by Gasteiger charge is 2.24. The molecule has 6 heteroatoms. The summed E-state index contributed by atoms with van der Waals surface area (Å²) in [6.45, 7) is 9.26. The highest BCUT2D eigenvalue weighted by molar-refractivity contribution is 5.58. The molecule has 3 fully saturated rings. The van der Waals surface area contributed by atoms with Crippen LogP contribution in [0.15, 0.2) is 42.5 Å². The normalized spacial score (nSPS) is 22.4. The molecule has 2 aromatic carbocycles. The van der Waals surface area contributed by atoms with Crippen molar-refractivity contribution in [1.82, 2.24) is 0 Å². The average Bonchev–Trinajstić information content (AvgIpc) is 3.73. The molecule has 2 aromatic rings. The van der Waals surface area contributed by atoms with Gasteiger partial charge in [-0.2, -0.15) is 0 Å². The van der Waals surface area contributed by atoms with Crippen LogP contribution < -0.4 is 19.3 Å².